The highest BCUT2D eigenvalue weighted by molar-refractivity contribution is 5.80. The fourth-order valence-corrected chi connectivity index (χ4v) is 6.35. The summed E-state index contributed by atoms with van der Waals surface area (Å²) in [6.07, 6.45) is 9.22. The molecular formula is C21H30N2O. The maximum Gasteiger partial charge on any atom is 0.234 e. The summed E-state index contributed by atoms with van der Waals surface area (Å²) < 4.78 is 0. The van der Waals surface area contributed by atoms with E-state index in [9.17, 15) is 4.79 Å². The fourth-order valence-electron chi connectivity index (χ4n) is 6.35. The van der Waals surface area contributed by atoms with Gasteiger partial charge in [0.15, 0.2) is 0 Å². The van der Waals surface area contributed by atoms with Crippen LogP contribution in [-0.2, 0) is 4.79 Å². The van der Waals surface area contributed by atoms with Crippen LogP contribution in [0.3, 0.4) is 0 Å². The Morgan fingerprint density at radius 2 is 1.67 bits per heavy atom. The van der Waals surface area contributed by atoms with Gasteiger partial charge in [-0.1, -0.05) is 30.3 Å². The Hall–Kier alpha value is -1.35. The molecule has 0 saturated heterocycles. The van der Waals surface area contributed by atoms with Gasteiger partial charge in [0, 0.05) is 6.04 Å². The summed E-state index contributed by atoms with van der Waals surface area (Å²) >= 11 is 0. The van der Waals surface area contributed by atoms with Crippen LogP contribution >= 0.6 is 0 Å². The molecule has 3 heteroatoms. The summed E-state index contributed by atoms with van der Waals surface area (Å²) in [6.45, 7) is 2.13. The van der Waals surface area contributed by atoms with E-state index in [0.717, 1.165) is 24.2 Å². The normalized spacial score (nSPS) is 36.5. The number of nitrogens with one attached hydrogen (secondary N) is 1. The molecule has 0 radical (unpaired) electrons. The predicted octanol–water partition coefficient (Wildman–Crippen LogP) is 3.80. The zero-order valence-electron chi connectivity index (χ0n) is 14.7. The van der Waals surface area contributed by atoms with Crippen molar-refractivity contribution < 1.29 is 4.79 Å². The Kier molecular flexibility index (Phi) is 4.16. The zero-order chi connectivity index (χ0) is 16.7. The third kappa shape index (κ3) is 3.11. The van der Waals surface area contributed by atoms with E-state index < -0.39 is 0 Å². The molecule has 4 aliphatic carbocycles. The molecule has 1 aromatic carbocycles. The minimum Gasteiger partial charge on any atom is -0.368 e. The van der Waals surface area contributed by atoms with E-state index in [4.69, 9.17) is 5.73 Å². The zero-order valence-corrected chi connectivity index (χ0v) is 14.7. The minimum absolute atomic E-state index is 0.151. The SMILES string of the molecule is CC(NC(CC12CC3CC(CC(C3)C1)C2)C(N)=O)c1ccccc1. The molecule has 4 saturated carbocycles. The smallest absolute Gasteiger partial charge is 0.234 e. The van der Waals surface area contributed by atoms with Crippen molar-refractivity contribution in [2.75, 3.05) is 0 Å². The number of amides is 1. The van der Waals surface area contributed by atoms with Crippen LogP contribution in [0.15, 0.2) is 30.3 Å². The molecule has 0 heterocycles. The van der Waals surface area contributed by atoms with E-state index in [1.807, 2.05) is 18.2 Å². The number of benzene rings is 1. The second kappa shape index (κ2) is 6.18. The number of nitrogens with two attached hydrogens (primary N) is 1. The van der Waals surface area contributed by atoms with Gasteiger partial charge in [0.05, 0.1) is 6.04 Å². The third-order valence-electron chi connectivity index (χ3n) is 6.90. The molecule has 1 amide bonds. The topological polar surface area (TPSA) is 55.1 Å². The molecule has 0 aromatic heterocycles. The highest BCUT2D eigenvalue weighted by Gasteiger charge is 2.51. The Morgan fingerprint density at radius 3 is 2.17 bits per heavy atom. The van der Waals surface area contributed by atoms with E-state index in [1.165, 1.54) is 44.1 Å². The maximum atomic E-state index is 12.2. The van der Waals surface area contributed by atoms with Gasteiger partial charge in [0.1, 0.15) is 0 Å². The van der Waals surface area contributed by atoms with Crippen LogP contribution < -0.4 is 11.1 Å². The Bertz CT molecular complexity index is 562. The molecular weight excluding hydrogens is 296 g/mol. The van der Waals surface area contributed by atoms with Crippen molar-refractivity contribution in [1.82, 2.24) is 5.32 Å². The fraction of sp³-hybridized carbons (Fsp3) is 0.667. The number of hydrogen-bond donors (Lipinski definition) is 2. The molecule has 3 nitrogen and oxygen atoms in total. The van der Waals surface area contributed by atoms with Crippen LogP contribution in [0.25, 0.3) is 0 Å². The van der Waals surface area contributed by atoms with Gasteiger partial charge in [-0.3, -0.25) is 10.1 Å². The van der Waals surface area contributed by atoms with E-state index in [0.29, 0.717) is 5.41 Å². The monoisotopic (exact) mass is 326 g/mol. The first kappa shape index (κ1) is 16.1. The van der Waals surface area contributed by atoms with Crippen LogP contribution in [-0.4, -0.2) is 11.9 Å². The van der Waals surface area contributed by atoms with Gasteiger partial charge >= 0.3 is 0 Å². The molecule has 0 spiro atoms. The van der Waals surface area contributed by atoms with Gasteiger partial charge in [-0.25, -0.2) is 0 Å². The summed E-state index contributed by atoms with van der Waals surface area (Å²) in [5.74, 6) is 2.55. The summed E-state index contributed by atoms with van der Waals surface area (Å²) in [5, 5.41) is 3.53. The van der Waals surface area contributed by atoms with Crippen LogP contribution in [0, 0.1) is 23.2 Å². The molecule has 1 aromatic rings. The summed E-state index contributed by atoms with van der Waals surface area (Å²) in [4.78, 5) is 12.2. The highest BCUT2D eigenvalue weighted by Crippen LogP contribution is 2.61. The Balaban J connectivity index is 1.47. The second-order valence-corrected chi connectivity index (χ2v) is 8.88. The van der Waals surface area contributed by atoms with E-state index >= 15 is 0 Å². The average Bonchev–Trinajstić information content (AvgIpc) is 2.53. The number of carbonyl (C=O) groups is 1. The van der Waals surface area contributed by atoms with Crippen LogP contribution in [0.2, 0.25) is 0 Å². The maximum absolute atomic E-state index is 12.2. The van der Waals surface area contributed by atoms with E-state index in [2.05, 4.69) is 24.4 Å². The van der Waals surface area contributed by atoms with Gasteiger partial charge in [-0.05, 0) is 80.6 Å². The third-order valence-corrected chi connectivity index (χ3v) is 6.90. The van der Waals surface area contributed by atoms with Crippen molar-refractivity contribution in [3.8, 4) is 0 Å². The van der Waals surface area contributed by atoms with Crippen molar-refractivity contribution >= 4 is 5.91 Å². The average molecular weight is 326 g/mol. The van der Waals surface area contributed by atoms with Crippen molar-refractivity contribution in [2.45, 2.75) is 64.0 Å². The lowest BCUT2D eigenvalue weighted by atomic mass is 9.48. The molecule has 5 rings (SSSR count). The van der Waals surface area contributed by atoms with Crippen molar-refractivity contribution in [1.29, 1.82) is 0 Å². The molecule has 4 bridgehead atoms. The van der Waals surface area contributed by atoms with Crippen molar-refractivity contribution in [3.63, 3.8) is 0 Å². The lowest BCUT2D eigenvalue weighted by Crippen LogP contribution is -2.52. The van der Waals surface area contributed by atoms with Crippen LogP contribution in [0.5, 0.6) is 0 Å². The van der Waals surface area contributed by atoms with Crippen molar-refractivity contribution in [3.05, 3.63) is 35.9 Å². The molecule has 0 aliphatic heterocycles. The number of carbonyl (C=O) groups excluding carboxylic acids is 1. The number of rotatable bonds is 6. The minimum atomic E-state index is -0.212. The first-order chi connectivity index (χ1) is 11.5. The molecule has 24 heavy (non-hydrogen) atoms. The summed E-state index contributed by atoms with van der Waals surface area (Å²) in [6, 6.07) is 10.3. The largest absolute Gasteiger partial charge is 0.368 e. The second-order valence-electron chi connectivity index (χ2n) is 8.88. The standard InChI is InChI=1S/C21H30N2O/c1-14(18-5-3-2-4-6-18)23-19(20(22)24)13-21-10-15-7-16(11-21)9-17(8-15)12-21/h2-6,14-17,19,23H,7-13H2,1H3,(H2,22,24). The van der Waals surface area contributed by atoms with Gasteiger partial charge in [0.25, 0.3) is 0 Å². The van der Waals surface area contributed by atoms with Crippen LogP contribution in [0.1, 0.15) is 63.5 Å². The highest BCUT2D eigenvalue weighted by atomic mass is 16.1. The molecule has 2 atom stereocenters. The number of hydrogen-bond acceptors (Lipinski definition) is 2. The van der Waals surface area contributed by atoms with Gasteiger partial charge in [-0.2, -0.15) is 0 Å². The number of primary amides is 1. The quantitative estimate of drug-likeness (QED) is 0.835. The summed E-state index contributed by atoms with van der Waals surface area (Å²) in [7, 11) is 0. The first-order valence-corrected chi connectivity index (χ1v) is 9.63. The summed E-state index contributed by atoms with van der Waals surface area (Å²) in [5.41, 5.74) is 7.38. The predicted molar refractivity (Wildman–Crippen MR) is 96.2 cm³/mol. The lowest BCUT2D eigenvalue weighted by Gasteiger charge is -2.57. The first-order valence-electron chi connectivity index (χ1n) is 9.63. The van der Waals surface area contributed by atoms with E-state index in [-0.39, 0.29) is 18.0 Å². The molecule has 130 valence electrons. The Labute approximate surface area is 145 Å². The van der Waals surface area contributed by atoms with Gasteiger partial charge < -0.3 is 5.73 Å². The van der Waals surface area contributed by atoms with Gasteiger partial charge in [-0.15, -0.1) is 0 Å². The van der Waals surface area contributed by atoms with Gasteiger partial charge in [0.2, 0.25) is 5.91 Å². The molecule has 4 aliphatic rings. The van der Waals surface area contributed by atoms with Crippen LogP contribution in [0.4, 0.5) is 0 Å². The lowest BCUT2D eigenvalue weighted by molar-refractivity contribution is -0.123. The van der Waals surface area contributed by atoms with Crippen molar-refractivity contribution in [2.24, 2.45) is 28.9 Å². The Morgan fingerprint density at radius 1 is 1.12 bits per heavy atom. The molecule has 2 unspecified atom stereocenters. The molecule has 4 fully saturated rings. The molecule has 3 N–H and O–H groups in total. The van der Waals surface area contributed by atoms with E-state index in [1.54, 1.807) is 0 Å².